The zero-order valence-corrected chi connectivity index (χ0v) is 24.7. The number of halogens is 1. The summed E-state index contributed by atoms with van der Waals surface area (Å²) in [7, 11) is 3.36. The van der Waals surface area contributed by atoms with Gasteiger partial charge in [-0.2, -0.15) is 0 Å². The Balaban J connectivity index is 0.000000426. The zero-order chi connectivity index (χ0) is 31.4. The van der Waals surface area contributed by atoms with Gasteiger partial charge in [-0.15, -0.1) is 0 Å². The molecule has 1 aliphatic heterocycles. The molecule has 1 saturated heterocycles. The molecule has 0 bridgehead atoms. The summed E-state index contributed by atoms with van der Waals surface area (Å²) < 4.78 is 8.54. The van der Waals surface area contributed by atoms with E-state index in [0.29, 0.717) is 23.1 Å². The molecule has 1 fully saturated rings. The van der Waals surface area contributed by atoms with E-state index in [0.717, 1.165) is 70.6 Å². The molecule has 5 aromatic rings. The van der Waals surface area contributed by atoms with Gasteiger partial charge in [-0.1, -0.05) is 17.7 Å². The summed E-state index contributed by atoms with van der Waals surface area (Å²) in [4.78, 5) is 43.8. The largest absolute Gasteiger partial charge is 0.481 e. The van der Waals surface area contributed by atoms with Gasteiger partial charge in [0.1, 0.15) is 0 Å². The molecule has 0 aliphatic carbocycles. The number of nitrogens with zero attached hydrogens (tertiary/aromatic N) is 5. The lowest BCUT2D eigenvalue weighted by molar-refractivity contribution is -0.134. The van der Waals surface area contributed by atoms with E-state index in [1.807, 2.05) is 42.5 Å². The predicted octanol–water partition coefficient (Wildman–Crippen LogP) is 3.72. The molecule has 0 saturated carbocycles. The van der Waals surface area contributed by atoms with Crippen LogP contribution in [0.25, 0.3) is 38.8 Å². The molecule has 13 heteroatoms. The number of anilines is 1. The third kappa shape index (κ3) is 6.26. The summed E-state index contributed by atoms with van der Waals surface area (Å²) in [5.74, 6) is -1.96. The quantitative estimate of drug-likeness (QED) is 0.241. The molecule has 3 aromatic heterocycles. The molecule has 6 rings (SSSR count). The van der Waals surface area contributed by atoms with Crippen molar-refractivity contribution in [3.8, 4) is 22.7 Å². The first kappa shape index (κ1) is 30.3. The summed E-state index contributed by atoms with van der Waals surface area (Å²) in [5, 5.41) is 20.5. The van der Waals surface area contributed by atoms with Gasteiger partial charge in [0.15, 0.2) is 0 Å². The van der Waals surface area contributed by atoms with E-state index >= 15 is 0 Å². The molecule has 12 nitrogen and oxygen atoms in total. The number of rotatable bonds is 6. The van der Waals surface area contributed by atoms with Gasteiger partial charge in [-0.3, -0.25) is 14.1 Å². The Bertz CT molecular complexity index is 1930. The summed E-state index contributed by atoms with van der Waals surface area (Å²) >= 11 is 6.76. The summed E-state index contributed by atoms with van der Waals surface area (Å²) in [5.41, 5.74) is 5.82. The first-order chi connectivity index (χ1) is 21.2. The van der Waals surface area contributed by atoms with E-state index < -0.39 is 11.9 Å². The van der Waals surface area contributed by atoms with Gasteiger partial charge in [0, 0.05) is 68.6 Å². The van der Waals surface area contributed by atoms with E-state index in [1.165, 1.54) is 0 Å². The normalized spacial score (nSPS) is 13.2. The minimum absolute atomic E-state index is 0.151. The molecule has 2 aromatic carbocycles. The Morgan fingerprint density at radius 2 is 1.66 bits per heavy atom. The highest BCUT2D eigenvalue weighted by atomic mass is 35.5. The van der Waals surface area contributed by atoms with Crippen LogP contribution in [0.1, 0.15) is 0 Å². The second-order valence-corrected chi connectivity index (χ2v) is 10.3. The van der Waals surface area contributed by atoms with Crippen LogP contribution in [0, 0.1) is 0 Å². The SMILES string of the molecule is COc1ccc(-c2ccc3ncc4c(c3c2)n(-c2ccc(N3CCNCC3)c(Cl)c2)c(=O)n4C)cn1.O=C(O)C=CC(=O)O. The van der Waals surface area contributed by atoms with Crippen LogP contribution in [0.4, 0.5) is 5.69 Å². The highest BCUT2D eigenvalue weighted by Gasteiger charge is 2.19. The van der Waals surface area contributed by atoms with Gasteiger partial charge in [-0.05, 0) is 42.0 Å². The van der Waals surface area contributed by atoms with Crippen molar-refractivity contribution in [1.82, 2.24) is 24.4 Å². The summed E-state index contributed by atoms with van der Waals surface area (Å²) in [6, 6.07) is 15.7. The van der Waals surface area contributed by atoms with Crippen LogP contribution in [0.3, 0.4) is 0 Å². The molecule has 0 spiro atoms. The molecule has 0 atom stereocenters. The third-order valence-electron chi connectivity index (χ3n) is 7.18. The maximum absolute atomic E-state index is 13.5. The van der Waals surface area contributed by atoms with Crippen LogP contribution in [0.5, 0.6) is 5.88 Å². The Morgan fingerprint density at radius 1 is 0.955 bits per heavy atom. The molecular weight excluding hydrogens is 588 g/mol. The van der Waals surface area contributed by atoms with Gasteiger partial charge < -0.3 is 25.2 Å². The molecule has 0 amide bonds. The topological polar surface area (TPSA) is 152 Å². The molecule has 226 valence electrons. The van der Waals surface area contributed by atoms with Crippen LogP contribution >= 0.6 is 11.6 Å². The van der Waals surface area contributed by atoms with Crippen LogP contribution in [-0.4, -0.2) is 74.5 Å². The van der Waals surface area contributed by atoms with E-state index in [9.17, 15) is 14.4 Å². The molecule has 0 unspecified atom stereocenters. The van der Waals surface area contributed by atoms with Crippen LogP contribution in [0.2, 0.25) is 5.02 Å². The maximum Gasteiger partial charge on any atom is 0.333 e. The first-order valence-corrected chi connectivity index (χ1v) is 14.0. The number of carboxylic acid groups (broad SMARTS) is 2. The fourth-order valence-electron chi connectivity index (χ4n) is 5.03. The minimum Gasteiger partial charge on any atom is -0.481 e. The van der Waals surface area contributed by atoms with Crippen molar-refractivity contribution in [2.24, 2.45) is 7.05 Å². The van der Waals surface area contributed by atoms with Crippen LogP contribution in [0.15, 0.2) is 77.9 Å². The fraction of sp³-hybridized carbons (Fsp3) is 0.194. The first-order valence-electron chi connectivity index (χ1n) is 13.6. The molecular formula is C31H29ClN6O6. The van der Waals surface area contributed by atoms with E-state index in [2.05, 4.69) is 26.3 Å². The average molecular weight is 617 g/mol. The van der Waals surface area contributed by atoms with Gasteiger partial charge in [-0.25, -0.2) is 19.4 Å². The second kappa shape index (κ2) is 13.0. The highest BCUT2D eigenvalue weighted by Crippen LogP contribution is 2.33. The Kier molecular flexibility index (Phi) is 8.93. The smallest absolute Gasteiger partial charge is 0.333 e. The van der Waals surface area contributed by atoms with Crippen LogP contribution < -0.4 is 20.6 Å². The fourth-order valence-corrected chi connectivity index (χ4v) is 5.32. The second-order valence-electron chi connectivity index (χ2n) is 9.87. The standard InChI is InChI=1S/C27H25ClN6O2.C4H4O4/c1-32-24-16-30-22-6-3-17(18-4-8-25(36-2)31-15-18)13-20(22)26(24)34(27(32)35)19-5-7-23(21(28)14-19)33-11-9-29-10-12-33;5-3(6)1-2-4(7)8/h3-8,13-16,29H,9-12H2,1-2H3;1-2H,(H,5,6)(H,7,8). The number of aliphatic carboxylic acids is 2. The van der Waals surface area contributed by atoms with Crippen molar-refractivity contribution in [3.63, 3.8) is 0 Å². The van der Waals surface area contributed by atoms with Gasteiger partial charge in [0.25, 0.3) is 0 Å². The number of carboxylic acids is 2. The van der Waals surface area contributed by atoms with E-state index in [1.54, 1.807) is 35.7 Å². The number of pyridine rings is 2. The van der Waals surface area contributed by atoms with Crippen molar-refractivity contribution < 1.29 is 24.5 Å². The van der Waals surface area contributed by atoms with Crippen molar-refractivity contribution in [1.29, 1.82) is 0 Å². The number of piperazine rings is 1. The number of hydrogen-bond donors (Lipinski definition) is 3. The number of aromatic nitrogens is 4. The number of methoxy groups -OCH3 is 1. The van der Waals surface area contributed by atoms with Crippen molar-refractivity contribution in [2.75, 3.05) is 38.2 Å². The lowest BCUT2D eigenvalue weighted by Crippen LogP contribution is -2.43. The zero-order valence-electron chi connectivity index (χ0n) is 23.9. The number of hydrogen-bond acceptors (Lipinski definition) is 8. The monoisotopic (exact) mass is 616 g/mol. The molecule has 3 N–H and O–H groups in total. The lowest BCUT2D eigenvalue weighted by atomic mass is 10.0. The number of ether oxygens (including phenoxy) is 1. The van der Waals surface area contributed by atoms with Gasteiger partial charge in [0.2, 0.25) is 5.88 Å². The lowest BCUT2D eigenvalue weighted by Gasteiger charge is -2.30. The molecule has 1 aliphatic rings. The Hall–Kier alpha value is -5.20. The van der Waals surface area contributed by atoms with Crippen LogP contribution in [-0.2, 0) is 16.6 Å². The van der Waals surface area contributed by atoms with Crippen molar-refractivity contribution in [3.05, 3.63) is 88.6 Å². The van der Waals surface area contributed by atoms with Crippen molar-refractivity contribution >= 4 is 51.2 Å². The van der Waals surface area contributed by atoms with E-state index in [4.69, 9.17) is 26.6 Å². The van der Waals surface area contributed by atoms with E-state index in [-0.39, 0.29) is 5.69 Å². The minimum atomic E-state index is -1.26. The van der Waals surface area contributed by atoms with Gasteiger partial charge >= 0.3 is 17.6 Å². The number of aryl methyl sites for hydroxylation is 1. The highest BCUT2D eigenvalue weighted by molar-refractivity contribution is 6.33. The number of nitrogens with one attached hydrogen (secondary N) is 1. The summed E-state index contributed by atoms with van der Waals surface area (Å²) in [6.45, 7) is 3.64. The molecule has 4 heterocycles. The predicted molar refractivity (Wildman–Crippen MR) is 168 cm³/mol. The number of fused-ring (bicyclic) bond motifs is 3. The van der Waals surface area contributed by atoms with Crippen molar-refractivity contribution in [2.45, 2.75) is 0 Å². The number of benzene rings is 2. The van der Waals surface area contributed by atoms with Gasteiger partial charge in [0.05, 0.1) is 46.3 Å². The Morgan fingerprint density at radius 3 is 2.27 bits per heavy atom. The number of carbonyl (C=O) groups is 2. The average Bonchev–Trinajstić information content (AvgIpc) is 3.30. The molecule has 44 heavy (non-hydrogen) atoms. The maximum atomic E-state index is 13.5. The Labute approximate surface area is 256 Å². The third-order valence-corrected chi connectivity index (χ3v) is 7.48. The number of imidazole rings is 1. The molecule has 0 radical (unpaired) electrons. The summed E-state index contributed by atoms with van der Waals surface area (Å²) in [6.07, 6.45) is 4.64.